The van der Waals surface area contributed by atoms with Gasteiger partial charge in [-0.05, 0) is 95.0 Å². The monoisotopic (exact) mass is 768 g/mol. The van der Waals surface area contributed by atoms with Crippen molar-refractivity contribution in [1.82, 2.24) is 45.0 Å². The van der Waals surface area contributed by atoms with Gasteiger partial charge in [0, 0.05) is 42.5 Å². The highest BCUT2D eigenvalue weighted by Crippen LogP contribution is 2.39. The Kier molecular flexibility index (Phi) is 10.5. The molecule has 2 N–H and O–H groups in total. The first-order chi connectivity index (χ1) is 27.6. The van der Waals surface area contributed by atoms with E-state index in [1.807, 2.05) is 37.4 Å². The number of hydrogen-bond acceptors (Lipinski definition) is 11. The third-order valence-corrected chi connectivity index (χ3v) is 12.3. The maximum Gasteiger partial charge on any atom is 0.236 e. The van der Waals surface area contributed by atoms with Crippen molar-refractivity contribution in [1.29, 1.82) is 10.5 Å². The molecule has 5 aromatic rings. The summed E-state index contributed by atoms with van der Waals surface area (Å²) in [5, 5.41) is 38.7. The minimum atomic E-state index is -0.958. The predicted octanol–water partition coefficient (Wildman–Crippen LogP) is 5.78. The van der Waals surface area contributed by atoms with Gasteiger partial charge in [0.15, 0.2) is 11.5 Å². The van der Waals surface area contributed by atoms with Crippen LogP contribution in [-0.4, -0.2) is 83.3 Å². The Labute approximate surface area is 330 Å². The molecule has 2 saturated heterocycles. The van der Waals surface area contributed by atoms with Crippen molar-refractivity contribution in [2.75, 3.05) is 25.0 Å². The second kappa shape index (κ2) is 15.8. The smallest absolute Gasteiger partial charge is 0.236 e. The summed E-state index contributed by atoms with van der Waals surface area (Å²) in [5.74, 6) is 0.684. The standard InChI is InChI=1S/C42H45FN12O2/c1-26(19-44)49-35-18-38(55-40-31(22-48-55)17-28(20-45)21-47-40)46-23-37(35)54-25-36(51-52-54)30-5-3-27(4-6-30)12-15-53-16-13-33(34(43)24-53)29-7-9-32(10-8-29)42(2)14-11-39(56)50-41(42)57/h7-10,17-18,21-23,25-27,30,33-34H,3-6,11-16,24H2,1-2H3,(H,46,49)(H,50,56,57)/t26-,27?,30?,33?,34?,42-/m1/s1. The number of carbonyl (C=O) groups excluding carboxylic acids is 2. The molecular formula is C42H45FN12O2. The zero-order chi connectivity index (χ0) is 39.7. The molecule has 4 aromatic heterocycles. The van der Waals surface area contributed by atoms with E-state index in [0.717, 1.165) is 68.4 Å². The number of rotatable bonds is 10. The second-order valence-corrected chi connectivity index (χ2v) is 16.0. The van der Waals surface area contributed by atoms with E-state index in [-0.39, 0.29) is 23.7 Å². The molecule has 2 amide bonds. The van der Waals surface area contributed by atoms with E-state index in [0.29, 0.717) is 59.1 Å². The number of nitrogens with zero attached hydrogens (tertiary/aromatic N) is 10. The average molecular weight is 769 g/mol. The fraction of sp³-hybridized carbons (Fsp3) is 0.452. The van der Waals surface area contributed by atoms with Crippen molar-refractivity contribution in [3.63, 3.8) is 0 Å². The molecule has 14 nitrogen and oxygen atoms in total. The minimum Gasteiger partial charge on any atom is -0.368 e. The summed E-state index contributed by atoms with van der Waals surface area (Å²) in [4.78, 5) is 35.6. The quantitative estimate of drug-likeness (QED) is 0.164. The van der Waals surface area contributed by atoms with Gasteiger partial charge in [0.25, 0.3) is 0 Å². The van der Waals surface area contributed by atoms with Gasteiger partial charge >= 0.3 is 0 Å². The number of piperidine rings is 2. The number of likely N-dealkylation sites (tertiary alicyclic amines) is 1. The van der Waals surface area contributed by atoms with Gasteiger partial charge in [0.1, 0.15) is 24.0 Å². The number of amides is 2. The molecule has 1 saturated carbocycles. The molecule has 57 heavy (non-hydrogen) atoms. The summed E-state index contributed by atoms with van der Waals surface area (Å²) in [7, 11) is 0. The topological polar surface area (TPSA) is 183 Å². The van der Waals surface area contributed by atoms with Crippen LogP contribution in [0.5, 0.6) is 0 Å². The minimum absolute atomic E-state index is 0.169. The van der Waals surface area contributed by atoms with Gasteiger partial charge in [-0.25, -0.2) is 19.0 Å². The maximum atomic E-state index is 15.6. The number of hydrogen-bond donors (Lipinski definition) is 2. The number of aromatic nitrogens is 7. The van der Waals surface area contributed by atoms with E-state index in [2.05, 4.69) is 53.1 Å². The van der Waals surface area contributed by atoms with Crippen LogP contribution in [0.1, 0.15) is 99.4 Å². The van der Waals surface area contributed by atoms with Crippen LogP contribution in [0, 0.1) is 28.6 Å². The predicted molar refractivity (Wildman–Crippen MR) is 209 cm³/mol. The number of fused-ring (bicyclic) bond motifs is 1. The zero-order valence-electron chi connectivity index (χ0n) is 32.1. The maximum absolute atomic E-state index is 15.6. The number of imide groups is 1. The van der Waals surface area contributed by atoms with Gasteiger partial charge in [0.05, 0.1) is 47.0 Å². The Morgan fingerprint density at radius 1 is 1.05 bits per heavy atom. The molecule has 3 aliphatic rings. The van der Waals surface area contributed by atoms with Crippen LogP contribution >= 0.6 is 0 Å². The first-order valence-corrected chi connectivity index (χ1v) is 19.8. The Balaban J connectivity index is 0.849. The number of nitrogens with one attached hydrogen (secondary N) is 2. The van der Waals surface area contributed by atoms with Crippen LogP contribution < -0.4 is 10.6 Å². The van der Waals surface area contributed by atoms with Crippen molar-refractivity contribution in [3.8, 4) is 23.6 Å². The van der Waals surface area contributed by atoms with E-state index < -0.39 is 17.6 Å². The molecule has 0 bridgehead atoms. The van der Waals surface area contributed by atoms with Crippen molar-refractivity contribution in [2.45, 2.75) is 94.7 Å². The number of pyridine rings is 2. The number of carbonyl (C=O) groups is 2. The molecule has 0 spiro atoms. The lowest BCUT2D eigenvalue weighted by atomic mass is 9.75. The number of nitriles is 2. The molecule has 0 radical (unpaired) electrons. The summed E-state index contributed by atoms with van der Waals surface area (Å²) >= 11 is 0. The third-order valence-electron chi connectivity index (χ3n) is 12.3. The van der Waals surface area contributed by atoms with Crippen molar-refractivity contribution in [3.05, 3.63) is 83.6 Å². The summed E-state index contributed by atoms with van der Waals surface area (Å²) < 4.78 is 18.9. The lowest BCUT2D eigenvalue weighted by molar-refractivity contribution is -0.137. The Morgan fingerprint density at radius 2 is 1.86 bits per heavy atom. The molecule has 3 fully saturated rings. The van der Waals surface area contributed by atoms with E-state index >= 15 is 4.39 Å². The summed E-state index contributed by atoms with van der Waals surface area (Å²) in [6.07, 6.45) is 12.6. The van der Waals surface area contributed by atoms with Crippen LogP contribution in [0.2, 0.25) is 0 Å². The SMILES string of the molecule is C[C@H](C#N)Nc1cc(-n2ncc3cc(C#N)cnc32)ncc1-n1cc(C2CCC(CCN3CCC(c4ccc([C@@]5(C)CCC(=O)NC5=O)cc4)C(F)C3)CC2)nn1. The van der Waals surface area contributed by atoms with E-state index in [1.165, 1.54) is 6.20 Å². The van der Waals surface area contributed by atoms with Crippen LogP contribution in [0.25, 0.3) is 22.5 Å². The molecule has 4 atom stereocenters. The Bertz CT molecular complexity index is 2370. The number of halogens is 1. The summed E-state index contributed by atoms with van der Waals surface area (Å²) in [6, 6.07) is 15.1. The number of benzene rings is 1. The average Bonchev–Trinajstić information content (AvgIpc) is 3.90. The van der Waals surface area contributed by atoms with Crippen LogP contribution in [0.3, 0.4) is 0 Å². The molecule has 6 heterocycles. The summed E-state index contributed by atoms with van der Waals surface area (Å²) in [5.41, 5.74) is 4.29. The number of anilines is 1. The van der Waals surface area contributed by atoms with Gasteiger partial charge in [-0.15, -0.1) is 5.10 Å². The van der Waals surface area contributed by atoms with Crippen molar-refractivity contribution >= 4 is 28.5 Å². The van der Waals surface area contributed by atoms with Gasteiger partial charge in [-0.1, -0.05) is 29.5 Å². The zero-order valence-corrected chi connectivity index (χ0v) is 32.1. The van der Waals surface area contributed by atoms with Gasteiger partial charge in [-0.2, -0.15) is 20.3 Å². The first kappa shape index (κ1) is 37.8. The van der Waals surface area contributed by atoms with Crippen molar-refractivity contribution in [2.24, 2.45) is 5.92 Å². The van der Waals surface area contributed by atoms with Crippen LogP contribution in [0.4, 0.5) is 10.1 Å². The van der Waals surface area contributed by atoms with Crippen LogP contribution in [0.15, 0.2) is 61.2 Å². The molecule has 8 rings (SSSR count). The molecule has 292 valence electrons. The van der Waals surface area contributed by atoms with E-state index in [9.17, 15) is 20.1 Å². The van der Waals surface area contributed by atoms with Gasteiger partial charge in [0.2, 0.25) is 11.8 Å². The highest BCUT2D eigenvalue weighted by atomic mass is 19.1. The van der Waals surface area contributed by atoms with E-state index in [4.69, 9.17) is 0 Å². The molecule has 1 aromatic carbocycles. The third kappa shape index (κ3) is 7.72. The Hall–Kier alpha value is -6.06. The highest BCUT2D eigenvalue weighted by molar-refractivity contribution is 6.03. The molecule has 1 aliphatic carbocycles. The fourth-order valence-corrected chi connectivity index (χ4v) is 8.68. The molecule has 2 unspecified atom stereocenters. The fourth-order valence-electron chi connectivity index (χ4n) is 8.68. The Morgan fingerprint density at radius 3 is 2.60 bits per heavy atom. The largest absolute Gasteiger partial charge is 0.368 e. The van der Waals surface area contributed by atoms with Crippen molar-refractivity contribution < 1.29 is 14.0 Å². The molecule has 15 heteroatoms. The second-order valence-electron chi connectivity index (χ2n) is 16.0. The van der Waals surface area contributed by atoms with Gasteiger partial charge < -0.3 is 10.2 Å². The molecule has 2 aliphatic heterocycles. The first-order valence-electron chi connectivity index (χ1n) is 19.8. The van der Waals surface area contributed by atoms with Crippen LogP contribution in [-0.2, 0) is 15.0 Å². The highest BCUT2D eigenvalue weighted by Gasteiger charge is 2.40. The summed E-state index contributed by atoms with van der Waals surface area (Å²) in [6.45, 7) is 5.80. The lowest BCUT2D eigenvalue weighted by Gasteiger charge is -2.37. The molecular weight excluding hydrogens is 724 g/mol. The number of alkyl halides is 1. The van der Waals surface area contributed by atoms with E-state index in [1.54, 1.807) is 40.8 Å². The lowest BCUT2D eigenvalue weighted by Crippen LogP contribution is -2.49. The normalized spacial score (nSPS) is 24.7. The van der Waals surface area contributed by atoms with Gasteiger partial charge in [-0.3, -0.25) is 14.9 Å².